The van der Waals surface area contributed by atoms with E-state index in [0.29, 0.717) is 35.7 Å². The predicted molar refractivity (Wildman–Crippen MR) is 75.6 cm³/mol. The van der Waals surface area contributed by atoms with Gasteiger partial charge < -0.3 is 4.74 Å². The van der Waals surface area contributed by atoms with E-state index in [1.807, 2.05) is 0 Å². The highest BCUT2D eigenvalue weighted by molar-refractivity contribution is 9.09. The van der Waals surface area contributed by atoms with E-state index in [-0.39, 0.29) is 5.56 Å². The van der Waals surface area contributed by atoms with Crippen molar-refractivity contribution in [3.63, 3.8) is 0 Å². The zero-order valence-electron chi connectivity index (χ0n) is 9.60. The van der Waals surface area contributed by atoms with Gasteiger partial charge in [-0.3, -0.25) is 9.36 Å². The van der Waals surface area contributed by atoms with Crippen LogP contribution in [0.25, 0.3) is 10.9 Å². The minimum absolute atomic E-state index is 0.0703. The number of alkyl halides is 1. The van der Waals surface area contributed by atoms with Crippen molar-refractivity contribution < 1.29 is 4.74 Å². The Morgan fingerprint density at radius 3 is 3.00 bits per heavy atom. The summed E-state index contributed by atoms with van der Waals surface area (Å²) in [5.41, 5.74) is 0.546. The van der Waals surface area contributed by atoms with Gasteiger partial charge in [0, 0.05) is 10.4 Å². The van der Waals surface area contributed by atoms with Crippen LogP contribution >= 0.6 is 27.5 Å². The molecule has 0 unspecified atom stereocenters. The second kappa shape index (κ2) is 6.31. The highest BCUT2D eigenvalue weighted by atomic mass is 79.9. The first-order chi connectivity index (χ1) is 8.72. The Kier molecular flexibility index (Phi) is 4.74. The van der Waals surface area contributed by atoms with E-state index in [4.69, 9.17) is 16.3 Å². The quantitative estimate of drug-likeness (QED) is 0.624. The lowest BCUT2D eigenvalue weighted by Crippen LogP contribution is -2.23. The maximum absolute atomic E-state index is 12.1. The Morgan fingerprint density at radius 1 is 1.39 bits per heavy atom. The SMILES string of the molecule is O=c1c2ccc(Cl)cc2ncn1CCOCCBr. The number of benzene rings is 1. The molecule has 1 heterocycles. The van der Waals surface area contributed by atoms with Crippen LogP contribution in [0.1, 0.15) is 0 Å². The minimum Gasteiger partial charge on any atom is -0.379 e. The molecule has 0 aliphatic rings. The van der Waals surface area contributed by atoms with E-state index in [0.717, 1.165) is 5.33 Å². The normalized spacial score (nSPS) is 11.0. The van der Waals surface area contributed by atoms with Crippen LogP contribution in [0.4, 0.5) is 0 Å². The van der Waals surface area contributed by atoms with Gasteiger partial charge >= 0.3 is 0 Å². The number of halogens is 2. The number of fused-ring (bicyclic) bond motifs is 1. The minimum atomic E-state index is -0.0703. The number of rotatable bonds is 5. The van der Waals surface area contributed by atoms with Crippen LogP contribution in [0.3, 0.4) is 0 Å². The first-order valence-corrected chi connectivity index (χ1v) is 7.01. The second-order valence-corrected chi connectivity index (χ2v) is 4.94. The summed E-state index contributed by atoms with van der Waals surface area (Å²) in [5.74, 6) is 0. The van der Waals surface area contributed by atoms with Crippen molar-refractivity contribution >= 4 is 38.4 Å². The summed E-state index contributed by atoms with van der Waals surface area (Å²) in [6, 6.07) is 5.07. The zero-order valence-corrected chi connectivity index (χ0v) is 11.9. The van der Waals surface area contributed by atoms with Crippen LogP contribution in [-0.2, 0) is 11.3 Å². The van der Waals surface area contributed by atoms with Gasteiger partial charge in [-0.2, -0.15) is 0 Å². The second-order valence-electron chi connectivity index (χ2n) is 3.71. The lowest BCUT2D eigenvalue weighted by molar-refractivity contribution is 0.141. The average Bonchev–Trinajstić information content (AvgIpc) is 2.37. The average molecular weight is 332 g/mol. The summed E-state index contributed by atoms with van der Waals surface area (Å²) < 4.78 is 6.86. The van der Waals surface area contributed by atoms with Gasteiger partial charge in [0.05, 0.1) is 37.0 Å². The van der Waals surface area contributed by atoms with Gasteiger partial charge in [-0.25, -0.2) is 4.98 Å². The van der Waals surface area contributed by atoms with Crippen molar-refractivity contribution in [3.8, 4) is 0 Å². The molecule has 0 amide bonds. The van der Waals surface area contributed by atoms with Crippen LogP contribution in [0.5, 0.6) is 0 Å². The van der Waals surface area contributed by atoms with Crippen molar-refractivity contribution in [1.29, 1.82) is 0 Å². The molecule has 0 spiro atoms. The molecule has 0 radical (unpaired) electrons. The van der Waals surface area contributed by atoms with Crippen LogP contribution in [-0.4, -0.2) is 28.1 Å². The van der Waals surface area contributed by atoms with Crippen LogP contribution in [0.2, 0.25) is 5.02 Å². The third kappa shape index (κ3) is 3.10. The molecule has 2 rings (SSSR count). The van der Waals surface area contributed by atoms with E-state index in [1.165, 1.54) is 6.33 Å². The van der Waals surface area contributed by atoms with Gasteiger partial charge in [0.1, 0.15) is 0 Å². The Morgan fingerprint density at radius 2 is 2.22 bits per heavy atom. The lowest BCUT2D eigenvalue weighted by atomic mass is 10.2. The van der Waals surface area contributed by atoms with E-state index < -0.39 is 0 Å². The summed E-state index contributed by atoms with van der Waals surface area (Å²) >= 11 is 9.13. The monoisotopic (exact) mass is 330 g/mol. The third-order valence-corrected chi connectivity index (χ3v) is 3.04. The highest BCUT2D eigenvalue weighted by Crippen LogP contribution is 2.13. The van der Waals surface area contributed by atoms with Gasteiger partial charge in [0.2, 0.25) is 0 Å². The van der Waals surface area contributed by atoms with E-state index in [2.05, 4.69) is 20.9 Å². The molecular formula is C12H12BrClN2O2. The third-order valence-electron chi connectivity index (χ3n) is 2.49. The molecule has 0 fully saturated rings. The van der Waals surface area contributed by atoms with Gasteiger partial charge in [0.15, 0.2) is 0 Å². The summed E-state index contributed by atoms with van der Waals surface area (Å²) in [5, 5.41) is 1.94. The Bertz CT molecular complexity index is 600. The molecule has 1 aromatic heterocycles. The molecule has 4 nitrogen and oxygen atoms in total. The maximum atomic E-state index is 12.1. The fourth-order valence-corrected chi connectivity index (χ4v) is 2.01. The molecule has 0 saturated carbocycles. The predicted octanol–water partition coefficient (Wildman–Crippen LogP) is 2.46. The standard InChI is InChI=1S/C12H12BrClN2O2/c13-3-5-18-6-4-16-8-15-11-7-9(14)1-2-10(11)12(16)17/h1-2,7-8H,3-6H2. The molecule has 0 aliphatic carbocycles. The lowest BCUT2D eigenvalue weighted by Gasteiger charge is -2.06. The van der Waals surface area contributed by atoms with Crippen molar-refractivity contribution in [2.24, 2.45) is 0 Å². The first kappa shape index (κ1) is 13.5. The van der Waals surface area contributed by atoms with Crippen LogP contribution < -0.4 is 5.56 Å². The molecule has 0 bridgehead atoms. The summed E-state index contributed by atoms with van der Waals surface area (Å²) in [7, 11) is 0. The van der Waals surface area contributed by atoms with E-state index in [1.54, 1.807) is 22.8 Å². The largest absolute Gasteiger partial charge is 0.379 e. The molecule has 0 aliphatic heterocycles. The maximum Gasteiger partial charge on any atom is 0.261 e. The fourth-order valence-electron chi connectivity index (χ4n) is 1.61. The molecule has 0 N–H and O–H groups in total. The number of aromatic nitrogens is 2. The first-order valence-electron chi connectivity index (χ1n) is 5.51. The van der Waals surface area contributed by atoms with E-state index >= 15 is 0 Å². The summed E-state index contributed by atoms with van der Waals surface area (Å²) in [6.45, 7) is 1.62. The summed E-state index contributed by atoms with van der Waals surface area (Å²) in [6.07, 6.45) is 1.53. The molecular weight excluding hydrogens is 320 g/mol. The molecule has 0 saturated heterocycles. The van der Waals surface area contributed by atoms with Gasteiger partial charge in [0.25, 0.3) is 5.56 Å². The van der Waals surface area contributed by atoms with Gasteiger partial charge in [-0.1, -0.05) is 27.5 Å². The van der Waals surface area contributed by atoms with Crippen molar-refractivity contribution in [2.75, 3.05) is 18.5 Å². The molecule has 96 valence electrons. The Labute approximate surface area is 118 Å². The smallest absolute Gasteiger partial charge is 0.261 e. The molecule has 0 atom stereocenters. The van der Waals surface area contributed by atoms with E-state index in [9.17, 15) is 4.79 Å². The van der Waals surface area contributed by atoms with Crippen LogP contribution in [0.15, 0.2) is 29.3 Å². The van der Waals surface area contributed by atoms with Crippen LogP contribution in [0, 0.1) is 0 Å². The molecule has 1 aromatic carbocycles. The number of nitrogens with zero attached hydrogens (tertiary/aromatic N) is 2. The summed E-state index contributed by atoms with van der Waals surface area (Å²) in [4.78, 5) is 16.3. The van der Waals surface area contributed by atoms with Gasteiger partial charge in [-0.15, -0.1) is 0 Å². The van der Waals surface area contributed by atoms with Crippen molar-refractivity contribution in [3.05, 3.63) is 39.9 Å². The highest BCUT2D eigenvalue weighted by Gasteiger charge is 2.04. The Hall–Kier alpha value is -0.910. The number of hydrogen-bond donors (Lipinski definition) is 0. The van der Waals surface area contributed by atoms with Crippen molar-refractivity contribution in [1.82, 2.24) is 9.55 Å². The fraction of sp³-hybridized carbons (Fsp3) is 0.333. The van der Waals surface area contributed by atoms with Gasteiger partial charge in [-0.05, 0) is 18.2 Å². The topological polar surface area (TPSA) is 44.1 Å². The molecule has 6 heteroatoms. The number of ether oxygens (including phenoxy) is 1. The molecule has 18 heavy (non-hydrogen) atoms. The molecule has 2 aromatic rings. The number of hydrogen-bond acceptors (Lipinski definition) is 3. The van der Waals surface area contributed by atoms with Crippen molar-refractivity contribution in [2.45, 2.75) is 6.54 Å². The Balaban J connectivity index is 2.23. The zero-order chi connectivity index (χ0) is 13.0.